The van der Waals surface area contributed by atoms with E-state index in [1.165, 1.54) is 12.6 Å². The van der Waals surface area contributed by atoms with Gasteiger partial charge in [0, 0.05) is 16.6 Å². The van der Waals surface area contributed by atoms with E-state index in [1.807, 2.05) is 6.08 Å². The Bertz CT molecular complexity index is 815. The molecule has 2 aromatic rings. The van der Waals surface area contributed by atoms with Crippen LogP contribution in [-0.4, -0.2) is 17.0 Å². The molecule has 0 aliphatic heterocycles. The van der Waals surface area contributed by atoms with Crippen LogP contribution in [0.25, 0.3) is 17.0 Å². The SMILES string of the molecule is CN.Nc1[nH]c2c3c(nc(C(F)(F)P)c2c1C=C1CCC1)CCCC3. The van der Waals surface area contributed by atoms with Crippen molar-refractivity contribution in [3.05, 3.63) is 28.1 Å². The average Bonchev–Trinajstić information content (AvgIpc) is 2.87. The van der Waals surface area contributed by atoms with Gasteiger partial charge >= 0.3 is 5.66 Å². The number of aromatic nitrogens is 2. The Morgan fingerprint density at radius 1 is 1.12 bits per heavy atom. The predicted octanol–water partition coefficient (Wildman–Crippen LogP) is 4.09. The summed E-state index contributed by atoms with van der Waals surface area (Å²) in [6, 6.07) is 0. The van der Waals surface area contributed by atoms with Gasteiger partial charge in [-0.2, -0.15) is 8.78 Å². The number of pyridine rings is 1. The summed E-state index contributed by atoms with van der Waals surface area (Å²) in [6.07, 6.45) is 8.89. The molecule has 0 radical (unpaired) electrons. The Morgan fingerprint density at radius 2 is 1.80 bits per heavy atom. The molecule has 0 amide bonds. The van der Waals surface area contributed by atoms with Crippen molar-refractivity contribution in [2.75, 3.05) is 12.8 Å². The van der Waals surface area contributed by atoms with E-state index in [-0.39, 0.29) is 5.69 Å². The van der Waals surface area contributed by atoms with Gasteiger partial charge in [-0.3, -0.25) is 4.98 Å². The van der Waals surface area contributed by atoms with Crippen molar-refractivity contribution in [1.82, 2.24) is 9.97 Å². The topological polar surface area (TPSA) is 80.7 Å². The summed E-state index contributed by atoms with van der Waals surface area (Å²) in [5.41, 5.74) is 12.0. The van der Waals surface area contributed by atoms with Crippen LogP contribution in [0.1, 0.15) is 54.6 Å². The second-order valence-corrected chi connectivity index (χ2v) is 7.30. The van der Waals surface area contributed by atoms with Gasteiger partial charge in [0.25, 0.3) is 0 Å². The maximum absolute atomic E-state index is 14.2. The first kappa shape index (κ1) is 18.3. The summed E-state index contributed by atoms with van der Waals surface area (Å²) < 4.78 is 28.4. The van der Waals surface area contributed by atoms with Crippen LogP contribution >= 0.6 is 9.24 Å². The van der Waals surface area contributed by atoms with Crippen molar-refractivity contribution in [1.29, 1.82) is 0 Å². The van der Waals surface area contributed by atoms with E-state index in [4.69, 9.17) is 5.73 Å². The molecule has 2 aliphatic carbocycles. The number of hydrogen-bond acceptors (Lipinski definition) is 3. The Hall–Kier alpha value is -1.52. The second kappa shape index (κ2) is 7.00. The van der Waals surface area contributed by atoms with E-state index in [9.17, 15) is 8.78 Å². The number of alkyl halides is 2. The normalized spacial score (nSPS) is 16.8. The lowest BCUT2D eigenvalue weighted by Crippen LogP contribution is -2.14. The quantitative estimate of drug-likeness (QED) is 0.700. The first-order chi connectivity index (χ1) is 11.9. The summed E-state index contributed by atoms with van der Waals surface area (Å²) in [5.74, 6) is 0.468. The van der Waals surface area contributed by atoms with Gasteiger partial charge in [-0.05, 0) is 57.6 Å². The van der Waals surface area contributed by atoms with Gasteiger partial charge in [0.15, 0.2) is 0 Å². The predicted molar refractivity (Wildman–Crippen MR) is 103 cm³/mol. The van der Waals surface area contributed by atoms with Gasteiger partial charge in [-0.1, -0.05) is 20.9 Å². The molecule has 0 saturated heterocycles. The van der Waals surface area contributed by atoms with E-state index in [0.717, 1.165) is 61.7 Å². The van der Waals surface area contributed by atoms with Crippen molar-refractivity contribution in [2.24, 2.45) is 5.73 Å². The van der Waals surface area contributed by atoms with Crippen LogP contribution in [0.3, 0.4) is 0 Å². The van der Waals surface area contributed by atoms with Gasteiger partial charge in [0.05, 0.1) is 5.52 Å². The van der Waals surface area contributed by atoms with Gasteiger partial charge in [-0.15, -0.1) is 0 Å². The lowest BCUT2D eigenvalue weighted by atomic mass is 9.89. The van der Waals surface area contributed by atoms with E-state index >= 15 is 0 Å². The van der Waals surface area contributed by atoms with Gasteiger partial charge in [0.1, 0.15) is 11.5 Å². The fourth-order valence-corrected chi connectivity index (χ4v) is 3.81. The summed E-state index contributed by atoms with van der Waals surface area (Å²) in [5, 5.41) is 0.502. The number of fused-ring (bicyclic) bond motifs is 3. The minimum absolute atomic E-state index is 0.169. The number of aryl methyl sites for hydroxylation is 2. The van der Waals surface area contributed by atoms with Crippen LogP contribution in [0.5, 0.6) is 0 Å². The van der Waals surface area contributed by atoms with Crippen molar-refractivity contribution >= 4 is 32.0 Å². The molecular weight excluding hydrogens is 341 g/mol. The molecule has 7 heteroatoms. The van der Waals surface area contributed by atoms with Crippen molar-refractivity contribution in [3.8, 4) is 0 Å². The number of halogens is 2. The number of allylic oxidation sites excluding steroid dienone is 1. The summed E-state index contributed by atoms with van der Waals surface area (Å²) in [7, 11) is 3.13. The largest absolute Gasteiger partial charge is 0.385 e. The molecule has 1 saturated carbocycles. The van der Waals surface area contributed by atoms with Crippen molar-refractivity contribution < 1.29 is 8.78 Å². The number of anilines is 1. The third-order valence-electron chi connectivity index (χ3n) is 4.95. The standard InChI is InChI=1S/C17H20F2N3P.CH5N/c18-17(19,23)15-13-11(8-9-4-3-5-9)16(20)22-14(13)10-6-1-2-7-12(10)21-15;1-2/h8,22H,1-7,20,23H2;2H2,1H3. The van der Waals surface area contributed by atoms with Gasteiger partial charge < -0.3 is 16.5 Å². The van der Waals surface area contributed by atoms with Crippen LogP contribution in [0.15, 0.2) is 5.57 Å². The molecule has 0 spiro atoms. The number of nitrogens with zero attached hydrogens (tertiary/aromatic N) is 1. The average molecular weight is 366 g/mol. The zero-order chi connectivity index (χ0) is 18.2. The summed E-state index contributed by atoms with van der Waals surface area (Å²) in [6.45, 7) is 0. The molecular formula is C18H25F2N4P. The Balaban J connectivity index is 0.000000880. The molecule has 0 aromatic carbocycles. The number of nitrogens with two attached hydrogens (primary N) is 2. The van der Waals surface area contributed by atoms with Crippen LogP contribution in [0.2, 0.25) is 0 Å². The van der Waals surface area contributed by atoms with E-state index < -0.39 is 5.66 Å². The highest BCUT2D eigenvalue weighted by Crippen LogP contribution is 2.44. The Morgan fingerprint density at radius 3 is 2.40 bits per heavy atom. The van der Waals surface area contributed by atoms with Crippen LogP contribution in [0, 0.1) is 0 Å². The minimum atomic E-state index is -3.06. The van der Waals surface area contributed by atoms with Crippen LogP contribution < -0.4 is 11.5 Å². The third kappa shape index (κ3) is 3.30. The zero-order valence-electron chi connectivity index (χ0n) is 14.5. The van der Waals surface area contributed by atoms with Gasteiger partial charge in [0.2, 0.25) is 0 Å². The first-order valence-electron chi connectivity index (χ1n) is 8.72. The van der Waals surface area contributed by atoms with E-state index in [1.54, 1.807) is 9.24 Å². The van der Waals surface area contributed by atoms with Gasteiger partial charge in [-0.25, -0.2) is 0 Å². The molecule has 1 fully saturated rings. The molecule has 1 atom stereocenters. The smallest absolute Gasteiger partial charge is 0.300 e. The number of H-pyrrole nitrogens is 1. The number of aromatic amines is 1. The maximum atomic E-state index is 14.2. The molecule has 25 heavy (non-hydrogen) atoms. The van der Waals surface area contributed by atoms with Crippen molar-refractivity contribution in [2.45, 2.75) is 50.6 Å². The molecule has 2 heterocycles. The minimum Gasteiger partial charge on any atom is -0.385 e. The molecule has 0 bridgehead atoms. The summed E-state index contributed by atoms with van der Waals surface area (Å²) >= 11 is 0. The second-order valence-electron chi connectivity index (χ2n) is 6.57. The molecule has 1 unspecified atom stereocenters. The molecule has 136 valence electrons. The lowest BCUT2D eigenvalue weighted by molar-refractivity contribution is 0.100. The molecule has 2 aliphatic rings. The number of nitrogens with one attached hydrogen (secondary N) is 1. The number of rotatable bonds is 2. The van der Waals surface area contributed by atoms with E-state index in [0.29, 0.717) is 16.8 Å². The fourth-order valence-electron chi connectivity index (χ4n) is 3.60. The molecule has 5 N–H and O–H groups in total. The highest BCUT2D eigenvalue weighted by molar-refractivity contribution is 7.17. The Labute approximate surface area is 148 Å². The van der Waals surface area contributed by atoms with Crippen LogP contribution in [0.4, 0.5) is 14.6 Å². The number of hydrogen-bond donors (Lipinski definition) is 3. The third-order valence-corrected chi connectivity index (χ3v) is 5.23. The summed E-state index contributed by atoms with van der Waals surface area (Å²) in [4.78, 5) is 7.53. The fraction of sp³-hybridized carbons (Fsp3) is 0.500. The lowest BCUT2D eigenvalue weighted by Gasteiger charge is -2.20. The Kier molecular flexibility index (Phi) is 5.12. The first-order valence-corrected chi connectivity index (χ1v) is 9.30. The zero-order valence-corrected chi connectivity index (χ0v) is 15.6. The monoisotopic (exact) mass is 366 g/mol. The van der Waals surface area contributed by atoms with Crippen molar-refractivity contribution in [3.63, 3.8) is 0 Å². The highest BCUT2D eigenvalue weighted by atomic mass is 31.0. The highest BCUT2D eigenvalue weighted by Gasteiger charge is 2.34. The maximum Gasteiger partial charge on any atom is 0.300 e. The number of nitrogen functional groups attached to an aromatic ring is 1. The molecule has 4 rings (SSSR count). The molecule has 4 nitrogen and oxygen atoms in total. The van der Waals surface area contributed by atoms with Crippen LogP contribution in [-0.2, 0) is 18.5 Å². The molecule has 2 aromatic heterocycles. The van der Waals surface area contributed by atoms with E-state index in [2.05, 4.69) is 15.7 Å².